The van der Waals surface area contributed by atoms with Crippen LogP contribution < -0.4 is 5.43 Å². The number of hydrogen-bond acceptors (Lipinski definition) is 1. The van der Waals surface area contributed by atoms with E-state index in [1.807, 2.05) is 0 Å². The Morgan fingerprint density at radius 1 is 0.933 bits per heavy atom. The Bertz CT molecular complexity index is 197. The van der Waals surface area contributed by atoms with Crippen LogP contribution in [0.15, 0.2) is 0 Å². The highest BCUT2D eigenvalue weighted by Crippen LogP contribution is 2.29. The molecule has 2 heteroatoms. The molecule has 2 atom stereocenters. The Kier molecular flexibility index (Phi) is 3.68. The van der Waals surface area contributed by atoms with Gasteiger partial charge in [-0.2, -0.15) is 5.43 Å². The van der Waals surface area contributed by atoms with Gasteiger partial charge < -0.3 is 0 Å². The lowest BCUT2D eigenvalue weighted by atomic mass is 9.94. The molecule has 2 aliphatic rings. The van der Waals surface area contributed by atoms with Gasteiger partial charge in [-0.3, -0.25) is 0 Å². The van der Waals surface area contributed by atoms with Gasteiger partial charge in [0.15, 0.2) is 0 Å². The van der Waals surface area contributed by atoms with E-state index in [0.29, 0.717) is 0 Å². The van der Waals surface area contributed by atoms with Gasteiger partial charge >= 0.3 is 0 Å². The van der Waals surface area contributed by atoms with Gasteiger partial charge in [0.25, 0.3) is 0 Å². The molecule has 0 aromatic rings. The summed E-state index contributed by atoms with van der Waals surface area (Å²) in [6, 6.07) is 1.69. The molecule has 1 saturated heterocycles. The molecule has 2 nitrogen and oxygen atoms in total. The largest absolute Gasteiger partial charge is 0.244 e. The maximum atomic E-state index is 3.74. The van der Waals surface area contributed by atoms with Gasteiger partial charge in [0.1, 0.15) is 12.1 Å². The van der Waals surface area contributed by atoms with Crippen molar-refractivity contribution in [1.29, 1.82) is 0 Å². The molecule has 0 aromatic heterocycles. The standard InChI is InChI=1S/C13H27N2/c1-12-10-11-14-15(12,2)13-8-6-4-3-5-7-9-13/h12-14H,3-11H2,1-2H3/q+1. The van der Waals surface area contributed by atoms with E-state index in [1.54, 1.807) is 0 Å². The molecule has 1 heterocycles. The molecule has 0 amide bonds. The third-order valence-corrected chi connectivity index (χ3v) is 4.76. The maximum absolute atomic E-state index is 3.74. The zero-order valence-electron chi connectivity index (χ0n) is 10.5. The average Bonchev–Trinajstić information content (AvgIpc) is 2.47. The van der Waals surface area contributed by atoms with Gasteiger partial charge in [0, 0.05) is 19.3 Å². The zero-order chi connectivity index (χ0) is 10.7. The van der Waals surface area contributed by atoms with Gasteiger partial charge in [0.2, 0.25) is 0 Å². The minimum atomic E-state index is 0.814. The fourth-order valence-corrected chi connectivity index (χ4v) is 3.40. The Labute approximate surface area is 94.6 Å². The third kappa shape index (κ3) is 2.36. The van der Waals surface area contributed by atoms with Crippen molar-refractivity contribution in [2.45, 2.75) is 70.4 Å². The predicted octanol–water partition coefficient (Wildman–Crippen LogP) is 2.84. The molecular formula is C13H27N2+. The molecule has 0 aromatic carbocycles. The number of nitrogens with one attached hydrogen (secondary N) is 1. The highest BCUT2D eigenvalue weighted by molar-refractivity contribution is 4.69. The van der Waals surface area contributed by atoms with Gasteiger partial charge in [-0.25, -0.2) is 4.59 Å². The lowest BCUT2D eigenvalue weighted by Crippen LogP contribution is -2.60. The SMILES string of the molecule is CC1CCN[N+]1(C)C1CCCCCCC1. The van der Waals surface area contributed by atoms with Crippen LogP contribution in [-0.2, 0) is 0 Å². The summed E-state index contributed by atoms with van der Waals surface area (Å²) in [5.74, 6) is 0. The molecule has 1 N–H and O–H groups in total. The van der Waals surface area contributed by atoms with Gasteiger partial charge in [-0.1, -0.05) is 19.3 Å². The van der Waals surface area contributed by atoms with E-state index in [-0.39, 0.29) is 0 Å². The topological polar surface area (TPSA) is 12.0 Å². The Morgan fingerprint density at radius 3 is 2.07 bits per heavy atom. The van der Waals surface area contributed by atoms with E-state index in [1.165, 1.54) is 57.9 Å². The third-order valence-electron chi connectivity index (χ3n) is 4.76. The fourth-order valence-electron chi connectivity index (χ4n) is 3.40. The van der Waals surface area contributed by atoms with Crippen LogP contribution in [-0.4, -0.2) is 30.3 Å². The second-order valence-electron chi connectivity index (χ2n) is 5.69. The highest BCUT2D eigenvalue weighted by atomic mass is 15.7. The van der Waals surface area contributed by atoms with Crippen LogP contribution in [0.2, 0.25) is 0 Å². The Hall–Kier alpha value is -0.0800. The van der Waals surface area contributed by atoms with Crippen molar-refractivity contribution in [3.8, 4) is 0 Å². The number of nitrogens with zero attached hydrogens (tertiary/aromatic N) is 1. The summed E-state index contributed by atoms with van der Waals surface area (Å²) in [4.78, 5) is 0. The lowest BCUT2D eigenvalue weighted by Gasteiger charge is -2.41. The summed E-state index contributed by atoms with van der Waals surface area (Å²) in [6.07, 6.45) is 11.5. The first-order valence-corrected chi connectivity index (χ1v) is 6.84. The maximum Gasteiger partial charge on any atom is 0.106 e. The fraction of sp³-hybridized carbons (Fsp3) is 1.00. The van der Waals surface area contributed by atoms with Crippen molar-refractivity contribution in [2.75, 3.05) is 13.6 Å². The molecule has 2 unspecified atom stereocenters. The number of rotatable bonds is 1. The van der Waals surface area contributed by atoms with Gasteiger partial charge in [-0.15, -0.1) is 0 Å². The van der Waals surface area contributed by atoms with Crippen molar-refractivity contribution < 1.29 is 4.59 Å². The van der Waals surface area contributed by atoms with E-state index < -0.39 is 0 Å². The molecular weight excluding hydrogens is 184 g/mol. The van der Waals surface area contributed by atoms with Gasteiger partial charge in [0.05, 0.1) is 13.6 Å². The molecule has 0 spiro atoms. The molecule has 1 aliphatic carbocycles. The van der Waals surface area contributed by atoms with Crippen molar-refractivity contribution in [3.05, 3.63) is 0 Å². The van der Waals surface area contributed by atoms with Crippen LogP contribution in [0.4, 0.5) is 0 Å². The summed E-state index contributed by atoms with van der Waals surface area (Å²) >= 11 is 0. The molecule has 2 fully saturated rings. The quantitative estimate of drug-likeness (QED) is 0.658. The zero-order valence-corrected chi connectivity index (χ0v) is 10.5. The highest BCUT2D eigenvalue weighted by Gasteiger charge is 2.41. The van der Waals surface area contributed by atoms with Crippen LogP contribution in [0.5, 0.6) is 0 Å². The first-order chi connectivity index (χ1) is 7.23. The first kappa shape index (κ1) is 11.4. The van der Waals surface area contributed by atoms with Crippen LogP contribution >= 0.6 is 0 Å². The van der Waals surface area contributed by atoms with Crippen molar-refractivity contribution >= 4 is 0 Å². The van der Waals surface area contributed by atoms with Crippen molar-refractivity contribution in [3.63, 3.8) is 0 Å². The van der Waals surface area contributed by atoms with Gasteiger partial charge in [-0.05, 0) is 19.8 Å². The average molecular weight is 211 g/mol. The van der Waals surface area contributed by atoms with Crippen LogP contribution in [0.1, 0.15) is 58.3 Å². The second-order valence-corrected chi connectivity index (χ2v) is 5.69. The summed E-state index contributed by atoms with van der Waals surface area (Å²) in [5, 5.41) is 0. The Morgan fingerprint density at radius 2 is 1.53 bits per heavy atom. The summed E-state index contributed by atoms with van der Waals surface area (Å²) in [5.41, 5.74) is 3.74. The lowest BCUT2D eigenvalue weighted by molar-refractivity contribution is -0.982. The van der Waals surface area contributed by atoms with E-state index in [4.69, 9.17) is 0 Å². The summed E-state index contributed by atoms with van der Waals surface area (Å²) in [7, 11) is 2.42. The molecule has 1 aliphatic heterocycles. The smallest absolute Gasteiger partial charge is 0.106 e. The number of quaternary nitrogens is 1. The van der Waals surface area contributed by atoms with E-state index in [2.05, 4.69) is 19.4 Å². The molecule has 88 valence electrons. The second kappa shape index (κ2) is 4.84. The van der Waals surface area contributed by atoms with E-state index in [0.717, 1.165) is 16.7 Å². The van der Waals surface area contributed by atoms with Crippen LogP contribution in [0, 0.1) is 0 Å². The van der Waals surface area contributed by atoms with Crippen LogP contribution in [0.3, 0.4) is 0 Å². The normalized spacial score (nSPS) is 40.0. The first-order valence-electron chi connectivity index (χ1n) is 6.84. The predicted molar refractivity (Wildman–Crippen MR) is 64.4 cm³/mol. The molecule has 0 radical (unpaired) electrons. The van der Waals surface area contributed by atoms with Crippen LogP contribution in [0.25, 0.3) is 0 Å². The van der Waals surface area contributed by atoms with Crippen molar-refractivity contribution in [1.82, 2.24) is 5.43 Å². The summed E-state index contributed by atoms with van der Waals surface area (Å²) in [6.45, 7) is 3.63. The minimum absolute atomic E-state index is 0.814. The molecule has 15 heavy (non-hydrogen) atoms. The molecule has 1 saturated carbocycles. The Balaban J connectivity index is 1.99. The minimum Gasteiger partial charge on any atom is -0.244 e. The van der Waals surface area contributed by atoms with Crippen molar-refractivity contribution in [2.24, 2.45) is 0 Å². The summed E-state index contributed by atoms with van der Waals surface area (Å²) < 4.78 is 1.15. The number of hydrogen-bond donors (Lipinski definition) is 1. The van der Waals surface area contributed by atoms with E-state index >= 15 is 0 Å². The van der Waals surface area contributed by atoms with E-state index in [9.17, 15) is 0 Å². The monoisotopic (exact) mass is 211 g/mol. The molecule has 2 rings (SSSR count). The molecule has 0 bridgehead atoms.